The number of carbonyl (C=O) groups excluding carboxylic acids is 1. The average molecular weight is 418 g/mol. The SMILES string of the molecule is CNC(=O)C[C@H]1C[C@H]2CN(Cc3ccccc3OC)C[C@H]2O1.O=C(O)C(F)(F)F. The zero-order chi connectivity index (χ0) is 21.6. The number of carboxylic acid groups (broad SMARTS) is 1. The third-order valence-corrected chi connectivity index (χ3v) is 4.91. The Bertz CT molecular complexity index is 699. The molecule has 3 atom stereocenters. The van der Waals surface area contributed by atoms with E-state index in [4.69, 9.17) is 19.4 Å². The Morgan fingerprint density at radius 1 is 1.31 bits per heavy atom. The van der Waals surface area contributed by atoms with Crippen LogP contribution in [0.4, 0.5) is 13.2 Å². The third-order valence-electron chi connectivity index (χ3n) is 4.91. The van der Waals surface area contributed by atoms with Crippen LogP contribution in [0.25, 0.3) is 0 Å². The van der Waals surface area contributed by atoms with Crippen molar-refractivity contribution in [2.45, 2.75) is 37.8 Å². The fourth-order valence-electron chi connectivity index (χ4n) is 3.59. The number of aliphatic carboxylic acids is 1. The maximum Gasteiger partial charge on any atom is 0.490 e. The van der Waals surface area contributed by atoms with Crippen molar-refractivity contribution in [3.63, 3.8) is 0 Å². The summed E-state index contributed by atoms with van der Waals surface area (Å²) in [6.07, 6.45) is -3.26. The number of hydrogen-bond donors (Lipinski definition) is 2. The number of halogens is 3. The molecule has 2 heterocycles. The predicted molar refractivity (Wildman–Crippen MR) is 97.4 cm³/mol. The maximum absolute atomic E-state index is 11.4. The van der Waals surface area contributed by atoms with Gasteiger partial charge in [-0.3, -0.25) is 9.69 Å². The number of rotatable bonds is 5. The smallest absolute Gasteiger partial charge is 0.490 e. The highest BCUT2D eigenvalue weighted by molar-refractivity contribution is 5.76. The molecule has 29 heavy (non-hydrogen) atoms. The summed E-state index contributed by atoms with van der Waals surface area (Å²) in [6.45, 7) is 2.86. The van der Waals surface area contributed by atoms with Gasteiger partial charge in [-0.15, -0.1) is 0 Å². The van der Waals surface area contributed by atoms with Gasteiger partial charge in [-0.2, -0.15) is 13.2 Å². The lowest BCUT2D eigenvalue weighted by atomic mass is 10.0. The minimum absolute atomic E-state index is 0.0656. The predicted octanol–water partition coefficient (Wildman–Crippen LogP) is 2.05. The van der Waals surface area contributed by atoms with Crippen LogP contribution in [0.5, 0.6) is 5.75 Å². The number of para-hydroxylation sites is 1. The second-order valence-electron chi connectivity index (χ2n) is 6.98. The Morgan fingerprint density at radius 2 is 1.97 bits per heavy atom. The van der Waals surface area contributed by atoms with Gasteiger partial charge in [-0.1, -0.05) is 18.2 Å². The number of nitrogens with zero attached hydrogens (tertiary/aromatic N) is 1. The molecule has 0 aromatic heterocycles. The molecule has 0 spiro atoms. The number of methoxy groups -OCH3 is 1. The van der Waals surface area contributed by atoms with E-state index < -0.39 is 12.1 Å². The Balaban J connectivity index is 0.000000370. The molecule has 2 aliphatic heterocycles. The van der Waals surface area contributed by atoms with Gasteiger partial charge in [-0.05, 0) is 12.5 Å². The molecule has 7 nitrogen and oxygen atoms in total. The second-order valence-corrected chi connectivity index (χ2v) is 6.98. The topological polar surface area (TPSA) is 88.1 Å². The highest BCUT2D eigenvalue weighted by atomic mass is 19.4. The molecule has 3 rings (SSSR count). The van der Waals surface area contributed by atoms with Crippen LogP contribution in [-0.4, -0.2) is 67.5 Å². The van der Waals surface area contributed by atoms with Crippen molar-refractivity contribution in [3.05, 3.63) is 29.8 Å². The number of nitrogens with one attached hydrogen (secondary N) is 1. The third kappa shape index (κ3) is 6.60. The van der Waals surface area contributed by atoms with E-state index in [0.29, 0.717) is 12.3 Å². The molecule has 1 aromatic rings. The van der Waals surface area contributed by atoms with Crippen LogP contribution < -0.4 is 10.1 Å². The van der Waals surface area contributed by atoms with Crippen LogP contribution in [0, 0.1) is 5.92 Å². The fraction of sp³-hybridized carbons (Fsp3) is 0.579. The molecule has 0 saturated carbocycles. The molecule has 2 aliphatic rings. The second kappa shape index (κ2) is 9.93. The van der Waals surface area contributed by atoms with Crippen LogP contribution in [0.3, 0.4) is 0 Å². The van der Waals surface area contributed by atoms with Gasteiger partial charge < -0.3 is 19.9 Å². The van der Waals surface area contributed by atoms with Gasteiger partial charge in [0.1, 0.15) is 5.75 Å². The Morgan fingerprint density at radius 3 is 2.52 bits per heavy atom. The molecular formula is C19H25F3N2O5. The summed E-state index contributed by atoms with van der Waals surface area (Å²) in [6, 6.07) is 8.16. The summed E-state index contributed by atoms with van der Waals surface area (Å²) in [5.74, 6) is -1.20. The number of likely N-dealkylation sites (tertiary alicyclic amines) is 1. The molecule has 10 heteroatoms. The molecule has 1 aromatic carbocycles. The Kier molecular flexibility index (Phi) is 7.86. The van der Waals surface area contributed by atoms with E-state index in [1.165, 1.54) is 5.56 Å². The number of hydrogen-bond acceptors (Lipinski definition) is 5. The zero-order valence-corrected chi connectivity index (χ0v) is 16.2. The number of ether oxygens (including phenoxy) is 2. The van der Waals surface area contributed by atoms with E-state index in [0.717, 1.165) is 31.8 Å². The first-order chi connectivity index (χ1) is 13.6. The molecule has 2 N–H and O–H groups in total. The van der Waals surface area contributed by atoms with E-state index in [2.05, 4.69) is 16.3 Å². The summed E-state index contributed by atoms with van der Waals surface area (Å²) in [5, 5.41) is 9.79. The summed E-state index contributed by atoms with van der Waals surface area (Å²) in [7, 11) is 3.39. The van der Waals surface area contributed by atoms with E-state index >= 15 is 0 Å². The van der Waals surface area contributed by atoms with Crippen LogP contribution in [0.15, 0.2) is 24.3 Å². The first-order valence-electron chi connectivity index (χ1n) is 9.14. The number of carbonyl (C=O) groups is 2. The van der Waals surface area contributed by atoms with Gasteiger partial charge in [0.15, 0.2) is 0 Å². The van der Waals surface area contributed by atoms with E-state index in [-0.39, 0.29) is 18.1 Å². The molecule has 1 amide bonds. The molecular weight excluding hydrogens is 393 g/mol. The maximum atomic E-state index is 11.4. The number of carboxylic acids is 1. The number of alkyl halides is 3. The highest BCUT2D eigenvalue weighted by Crippen LogP contribution is 2.35. The van der Waals surface area contributed by atoms with Crippen molar-refractivity contribution in [1.82, 2.24) is 10.2 Å². The summed E-state index contributed by atoms with van der Waals surface area (Å²) < 4.78 is 43.2. The number of amides is 1. The fourth-order valence-corrected chi connectivity index (χ4v) is 3.59. The quantitative estimate of drug-likeness (QED) is 0.761. The largest absolute Gasteiger partial charge is 0.496 e. The molecule has 0 bridgehead atoms. The van der Waals surface area contributed by atoms with Gasteiger partial charge in [0.2, 0.25) is 5.91 Å². The summed E-state index contributed by atoms with van der Waals surface area (Å²) in [4.78, 5) is 22.8. The van der Waals surface area contributed by atoms with E-state index in [1.807, 2.05) is 18.2 Å². The normalized spacial score (nSPS) is 23.7. The van der Waals surface area contributed by atoms with Gasteiger partial charge in [-0.25, -0.2) is 4.79 Å². The average Bonchev–Trinajstić information content (AvgIpc) is 3.19. The van der Waals surface area contributed by atoms with Crippen molar-refractivity contribution in [2.75, 3.05) is 27.2 Å². The van der Waals surface area contributed by atoms with E-state index in [9.17, 15) is 18.0 Å². The first-order valence-corrected chi connectivity index (χ1v) is 9.14. The Labute approximate surface area is 166 Å². The van der Waals surface area contributed by atoms with Gasteiger partial charge >= 0.3 is 12.1 Å². The first kappa shape index (κ1) is 23.0. The molecule has 0 aliphatic carbocycles. The molecule has 2 fully saturated rings. The minimum atomic E-state index is -5.08. The monoisotopic (exact) mass is 418 g/mol. The Hall–Kier alpha value is -2.33. The van der Waals surface area contributed by atoms with Crippen LogP contribution >= 0.6 is 0 Å². The van der Waals surface area contributed by atoms with Crippen LogP contribution in [0.1, 0.15) is 18.4 Å². The van der Waals surface area contributed by atoms with Gasteiger partial charge in [0.05, 0.1) is 25.7 Å². The van der Waals surface area contributed by atoms with Gasteiger partial charge in [0, 0.05) is 38.2 Å². The molecule has 0 unspecified atom stereocenters. The van der Waals surface area contributed by atoms with Crippen molar-refractivity contribution in [2.24, 2.45) is 5.92 Å². The van der Waals surface area contributed by atoms with Crippen molar-refractivity contribution in [3.8, 4) is 5.75 Å². The standard InChI is InChI=1S/C17H24N2O3.C2HF3O2/c1-18-17(20)8-14-7-13-10-19(11-16(13)22-14)9-12-5-3-4-6-15(12)21-2;3-2(4,5)1(6)7/h3-6,13-14,16H,7-11H2,1-2H3,(H,18,20);(H,6,7)/t13-,14+,16+;/m0./s1. The van der Waals surface area contributed by atoms with Crippen molar-refractivity contribution < 1.29 is 37.3 Å². The van der Waals surface area contributed by atoms with E-state index in [1.54, 1.807) is 14.2 Å². The molecule has 2 saturated heterocycles. The lowest BCUT2D eigenvalue weighted by molar-refractivity contribution is -0.192. The number of fused-ring (bicyclic) bond motifs is 1. The molecule has 162 valence electrons. The van der Waals surface area contributed by atoms with Crippen LogP contribution in [0.2, 0.25) is 0 Å². The summed E-state index contributed by atoms with van der Waals surface area (Å²) >= 11 is 0. The lowest BCUT2D eigenvalue weighted by Gasteiger charge is -2.20. The number of benzene rings is 1. The molecule has 0 radical (unpaired) electrons. The van der Waals surface area contributed by atoms with Gasteiger partial charge in [0.25, 0.3) is 0 Å². The lowest BCUT2D eigenvalue weighted by Crippen LogP contribution is -2.28. The highest BCUT2D eigenvalue weighted by Gasteiger charge is 2.42. The van der Waals surface area contributed by atoms with Crippen molar-refractivity contribution in [1.29, 1.82) is 0 Å². The zero-order valence-electron chi connectivity index (χ0n) is 16.2. The summed E-state index contributed by atoms with van der Waals surface area (Å²) in [5.41, 5.74) is 1.21. The van der Waals surface area contributed by atoms with Crippen LogP contribution in [-0.2, 0) is 20.9 Å². The minimum Gasteiger partial charge on any atom is -0.496 e. The van der Waals surface area contributed by atoms with Crippen molar-refractivity contribution >= 4 is 11.9 Å².